The van der Waals surface area contributed by atoms with E-state index in [1.807, 2.05) is 6.92 Å². The number of nitrogens with two attached hydrogens (primary N) is 1. The highest BCUT2D eigenvalue weighted by Crippen LogP contribution is 2.29. The van der Waals surface area contributed by atoms with Crippen LogP contribution in [0.2, 0.25) is 0 Å². The second kappa shape index (κ2) is 4.49. The second-order valence-electron chi connectivity index (χ2n) is 4.05. The van der Waals surface area contributed by atoms with Gasteiger partial charge in [-0.3, -0.25) is 4.90 Å². The molecule has 2 amide bonds. The first kappa shape index (κ1) is 12.1. The molecule has 92 valence electrons. The fourth-order valence-corrected chi connectivity index (χ4v) is 2.00. The summed E-state index contributed by atoms with van der Waals surface area (Å²) in [5.74, 6) is 2.13. The third kappa shape index (κ3) is 1.93. The summed E-state index contributed by atoms with van der Waals surface area (Å²) in [6, 6.07) is 3.27. The smallest absolute Gasteiger partial charge is 0.346 e. The maximum atomic E-state index is 13.3. The van der Waals surface area contributed by atoms with Gasteiger partial charge in [0.2, 0.25) is 0 Å². The van der Waals surface area contributed by atoms with Crippen LogP contribution in [-0.4, -0.2) is 23.3 Å². The predicted molar refractivity (Wildman–Crippen MR) is 66.4 cm³/mol. The van der Waals surface area contributed by atoms with E-state index in [4.69, 9.17) is 12.2 Å². The number of benzene rings is 1. The number of hydrogen-bond acceptors (Lipinski definition) is 2. The van der Waals surface area contributed by atoms with Gasteiger partial charge in [0.25, 0.3) is 0 Å². The number of urea groups is 1. The Bertz CT molecular complexity index is 574. The number of nitrogens with zero attached hydrogens (tertiary/aromatic N) is 2. The van der Waals surface area contributed by atoms with Crippen molar-refractivity contribution in [1.82, 2.24) is 4.90 Å². The van der Waals surface area contributed by atoms with Crippen molar-refractivity contribution in [1.29, 1.82) is 0 Å². The topological polar surface area (TPSA) is 58.7 Å². The standard InChI is InChI=1S/C13H12FN3O/c1-3-6-17-11(12(15)16-13(17)18)10-7-9(14)5-4-8(10)2/h1,4-5,7,11H,6H2,2H3,(H2,15,16,18). The van der Waals surface area contributed by atoms with E-state index in [9.17, 15) is 9.18 Å². The average Bonchev–Trinajstić information content (AvgIpc) is 2.58. The molecular formula is C13H12FN3O. The highest BCUT2D eigenvalue weighted by Gasteiger charge is 2.34. The van der Waals surface area contributed by atoms with Gasteiger partial charge >= 0.3 is 6.03 Å². The number of rotatable bonds is 2. The van der Waals surface area contributed by atoms with E-state index in [1.165, 1.54) is 17.0 Å². The van der Waals surface area contributed by atoms with E-state index in [2.05, 4.69) is 10.9 Å². The van der Waals surface area contributed by atoms with Crippen molar-refractivity contribution in [3.05, 3.63) is 35.1 Å². The summed E-state index contributed by atoms with van der Waals surface area (Å²) in [5.41, 5.74) is 7.18. The summed E-state index contributed by atoms with van der Waals surface area (Å²) in [6.07, 6.45) is 5.21. The number of terminal acetylenes is 1. The molecule has 0 spiro atoms. The largest absolute Gasteiger partial charge is 0.385 e. The Morgan fingerprint density at radius 3 is 3.00 bits per heavy atom. The van der Waals surface area contributed by atoms with Gasteiger partial charge in [-0.25, -0.2) is 9.18 Å². The fourth-order valence-electron chi connectivity index (χ4n) is 2.00. The number of aryl methyl sites for hydroxylation is 1. The van der Waals surface area contributed by atoms with Crippen molar-refractivity contribution in [3.8, 4) is 12.3 Å². The van der Waals surface area contributed by atoms with Gasteiger partial charge < -0.3 is 5.73 Å². The molecule has 1 atom stereocenters. The number of amides is 2. The van der Waals surface area contributed by atoms with Gasteiger partial charge in [-0.1, -0.05) is 12.0 Å². The molecule has 1 heterocycles. The van der Waals surface area contributed by atoms with Crippen molar-refractivity contribution < 1.29 is 9.18 Å². The van der Waals surface area contributed by atoms with Crippen LogP contribution >= 0.6 is 0 Å². The van der Waals surface area contributed by atoms with E-state index in [1.54, 1.807) is 6.07 Å². The molecule has 5 heteroatoms. The second-order valence-corrected chi connectivity index (χ2v) is 4.05. The Labute approximate surface area is 104 Å². The fraction of sp³-hybridized carbons (Fsp3) is 0.231. The lowest BCUT2D eigenvalue weighted by molar-refractivity contribution is 0.213. The van der Waals surface area contributed by atoms with Gasteiger partial charge in [-0.15, -0.1) is 6.42 Å². The molecule has 0 aromatic heterocycles. The molecule has 0 radical (unpaired) electrons. The highest BCUT2D eigenvalue weighted by atomic mass is 19.1. The molecule has 2 rings (SSSR count). The number of aliphatic imine (C=N–C) groups is 1. The van der Waals surface area contributed by atoms with Crippen LogP contribution in [0.4, 0.5) is 9.18 Å². The molecule has 1 aromatic carbocycles. The first-order valence-electron chi connectivity index (χ1n) is 5.38. The van der Waals surface area contributed by atoms with Crippen molar-refractivity contribution in [2.45, 2.75) is 13.0 Å². The first-order chi connectivity index (χ1) is 8.54. The lowest BCUT2D eigenvalue weighted by Crippen LogP contribution is -2.34. The Hall–Kier alpha value is -2.35. The zero-order valence-electron chi connectivity index (χ0n) is 9.85. The maximum Gasteiger partial charge on any atom is 0.346 e. The first-order valence-corrected chi connectivity index (χ1v) is 5.38. The highest BCUT2D eigenvalue weighted by molar-refractivity contribution is 6.03. The molecule has 0 bridgehead atoms. The van der Waals surface area contributed by atoms with E-state index in [0.29, 0.717) is 5.56 Å². The molecule has 4 nitrogen and oxygen atoms in total. The SMILES string of the molecule is C#CCN1C(=O)N=C(N)C1c1cc(F)ccc1C. The van der Waals surface area contributed by atoms with Crippen LogP contribution in [0.5, 0.6) is 0 Å². The zero-order valence-corrected chi connectivity index (χ0v) is 9.85. The van der Waals surface area contributed by atoms with Gasteiger partial charge in [-0.2, -0.15) is 4.99 Å². The molecular weight excluding hydrogens is 233 g/mol. The van der Waals surface area contributed by atoms with Gasteiger partial charge in [0.05, 0.1) is 6.54 Å². The molecule has 1 unspecified atom stereocenters. The molecule has 0 saturated heterocycles. The molecule has 1 aliphatic rings. The number of carbonyl (C=O) groups is 1. The van der Waals surface area contributed by atoms with Crippen LogP contribution in [0.3, 0.4) is 0 Å². The van der Waals surface area contributed by atoms with Crippen molar-refractivity contribution >= 4 is 11.9 Å². The molecule has 1 aromatic rings. The van der Waals surface area contributed by atoms with E-state index >= 15 is 0 Å². The zero-order chi connectivity index (χ0) is 13.3. The molecule has 0 saturated carbocycles. The minimum absolute atomic E-state index is 0.0870. The van der Waals surface area contributed by atoms with E-state index in [0.717, 1.165) is 5.56 Å². The van der Waals surface area contributed by atoms with Crippen LogP contribution in [0, 0.1) is 25.1 Å². The number of amidine groups is 1. The summed E-state index contributed by atoms with van der Waals surface area (Å²) >= 11 is 0. The summed E-state index contributed by atoms with van der Waals surface area (Å²) in [6.45, 7) is 1.91. The van der Waals surface area contributed by atoms with Crippen LogP contribution in [0.25, 0.3) is 0 Å². The quantitative estimate of drug-likeness (QED) is 0.804. The monoisotopic (exact) mass is 245 g/mol. The number of hydrogen-bond donors (Lipinski definition) is 1. The third-order valence-electron chi connectivity index (χ3n) is 2.86. The van der Waals surface area contributed by atoms with Crippen molar-refractivity contribution in [2.24, 2.45) is 10.7 Å². The normalized spacial score (nSPS) is 18.7. The Kier molecular flexibility index (Phi) is 3.02. The summed E-state index contributed by atoms with van der Waals surface area (Å²) < 4.78 is 13.3. The molecule has 18 heavy (non-hydrogen) atoms. The Balaban J connectivity index is 2.48. The van der Waals surface area contributed by atoms with Gasteiger partial charge in [-0.05, 0) is 30.2 Å². The maximum absolute atomic E-state index is 13.3. The lowest BCUT2D eigenvalue weighted by Gasteiger charge is -2.23. The average molecular weight is 245 g/mol. The van der Waals surface area contributed by atoms with Crippen LogP contribution in [0.1, 0.15) is 17.2 Å². The number of carbonyl (C=O) groups excluding carboxylic acids is 1. The van der Waals surface area contributed by atoms with Gasteiger partial charge in [0.15, 0.2) is 0 Å². The van der Waals surface area contributed by atoms with Crippen LogP contribution in [-0.2, 0) is 0 Å². The third-order valence-corrected chi connectivity index (χ3v) is 2.86. The predicted octanol–water partition coefficient (Wildman–Crippen LogP) is 1.60. The summed E-state index contributed by atoms with van der Waals surface area (Å²) in [5, 5.41) is 0. The van der Waals surface area contributed by atoms with E-state index < -0.39 is 12.1 Å². The van der Waals surface area contributed by atoms with Gasteiger partial charge in [0, 0.05) is 0 Å². The molecule has 0 aliphatic carbocycles. The number of halogens is 1. The Morgan fingerprint density at radius 2 is 2.33 bits per heavy atom. The Morgan fingerprint density at radius 1 is 1.61 bits per heavy atom. The minimum Gasteiger partial charge on any atom is -0.385 e. The lowest BCUT2D eigenvalue weighted by atomic mass is 9.99. The molecule has 2 N–H and O–H groups in total. The summed E-state index contributed by atoms with van der Waals surface area (Å²) in [7, 11) is 0. The van der Waals surface area contributed by atoms with E-state index in [-0.39, 0.29) is 18.2 Å². The van der Waals surface area contributed by atoms with Gasteiger partial charge in [0.1, 0.15) is 17.7 Å². The summed E-state index contributed by atoms with van der Waals surface area (Å²) in [4.78, 5) is 16.6. The molecule has 1 aliphatic heterocycles. The molecule has 0 fully saturated rings. The van der Waals surface area contributed by atoms with Crippen molar-refractivity contribution in [3.63, 3.8) is 0 Å². The van der Waals surface area contributed by atoms with Crippen LogP contribution in [0.15, 0.2) is 23.2 Å². The minimum atomic E-state index is -0.579. The van der Waals surface area contributed by atoms with Crippen LogP contribution < -0.4 is 5.73 Å². The van der Waals surface area contributed by atoms with Crippen molar-refractivity contribution in [2.75, 3.05) is 6.54 Å².